The summed E-state index contributed by atoms with van der Waals surface area (Å²) in [6.07, 6.45) is 3.64. The summed E-state index contributed by atoms with van der Waals surface area (Å²) in [6, 6.07) is 2.71. The Hall–Kier alpha value is -2.46. The molecule has 160 valence electrons. The van der Waals surface area contributed by atoms with Gasteiger partial charge in [0.15, 0.2) is 6.10 Å². The van der Waals surface area contributed by atoms with Gasteiger partial charge >= 0.3 is 0 Å². The van der Waals surface area contributed by atoms with Crippen molar-refractivity contribution in [1.29, 1.82) is 0 Å². The first-order valence-electron chi connectivity index (χ1n) is 9.42. The number of rotatable bonds is 5. The highest BCUT2D eigenvalue weighted by Gasteiger charge is 2.39. The van der Waals surface area contributed by atoms with E-state index in [1.54, 1.807) is 19.2 Å². The summed E-state index contributed by atoms with van der Waals surface area (Å²) in [5, 5.41) is 4.11. The lowest BCUT2D eigenvalue weighted by Crippen LogP contribution is -2.46. The van der Waals surface area contributed by atoms with Crippen LogP contribution in [0.2, 0.25) is 0 Å². The van der Waals surface area contributed by atoms with Crippen LogP contribution in [0.4, 0.5) is 13.2 Å². The Morgan fingerprint density at radius 2 is 1.80 bits per heavy atom. The summed E-state index contributed by atoms with van der Waals surface area (Å²) < 4.78 is 67.4. The molecular formula is C20H20F3N3O3S. The van der Waals surface area contributed by atoms with Crippen LogP contribution in [0.25, 0.3) is 11.1 Å². The molecule has 1 N–H and O–H groups in total. The minimum absolute atomic E-state index is 0.0717. The third-order valence-corrected chi connectivity index (χ3v) is 6.08. The number of nitrogens with one attached hydrogen (secondary N) is 1. The van der Waals surface area contributed by atoms with Gasteiger partial charge in [-0.1, -0.05) is 5.16 Å². The zero-order valence-corrected chi connectivity index (χ0v) is 17.1. The van der Waals surface area contributed by atoms with Crippen molar-refractivity contribution in [1.82, 2.24) is 9.71 Å². The van der Waals surface area contributed by atoms with Gasteiger partial charge < -0.3 is 4.84 Å². The molecule has 1 fully saturated rings. The van der Waals surface area contributed by atoms with Gasteiger partial charge in [0, 0.05) is 42.3 Å². The number of sulfonamides is 1. The molecule has 30 heavy (non-hydrogen) atoms. The maximum Gasteiger partial charge on any atom is 0.208 e. The first kappa shape index (κ1) is 20.8. The quantitative estimate of drug-likeness (QED) is 0.772. The lowest BCUT2D eigenvalue weighted by Gasteiger charge is -2.34. The van der Waals surface area contributed by atoms with Crippen LogP contribution >= 0.6 is 0 Å². The highest BCUT2D eigenvalue weighted by Crippen LogP contribution is 2.40. The third kappa shape index (κ3) is 4.20. The fourth-order valence-corrected chi connectivity index (χ4v) is 4.71. The average Bonchev–Trinajstić information content (AvgIpc) is 3.05. The van der Waals surface area contributed by atoms with E-state index >= 15 is 0 Å². The molecule has 0 spiro atoms. The number of benzene rings is 1. The van der Waals surface area contributed by atoms with Gasteiger partial charge in [0.1, 0.15) is 17.5 Å². The zero-order valence-electron chi connectivity index (χ0n) is 16.3. The van der Waals surface area contributed by atoms with Crippen molar-refractivity contribution < 1.29 is 26.4 Å². The van der Waals surface area contributed by atoms with Crippen LogP contribution in [0, 0.1) is 30.3 Å². The molecule has 1 atom stereocenters. The van der Waals surface area contributed by atoms with Crippen molar-refractivity contribution in [3.63, 3.8) is 0 Å². The lowest BCUT2D eigenvalue weighted by atomic mass is 9.76. The fraction of sp³-hybridized carbons (Fsp3) is 0.400. The number of hydrogen-bond donors (Lipinski definition) is 1. The highest BCUT2D eigenvalue weighted by atomic mass is 32.2. The van der Waals surface area contributed by atoms with Crippen molar-refractivity contribution in [2.75, 3.05) is 6.26 Å². The van der Waals surface area contributed by atoms with E-state index in [2.05, 4.69) is 14.9 Å². The molecule has 1 aromatic carbocycles. The van der Waals surface area contributed by atoms with Crippen LogP contribution < -0.4 is 4.72 Å². The van der Waals surface area contributed by atoms with Crippen LogP contribution in [-0.2, 0) is 14.9 Å². The second-order valence-electron chi connectivity index (χ2n) is 7.83. The van der Waals surface area contributed by atoms with Gasteiger partial charge in [0.2, 0.25) is 10.0 Å². The van der Waals surface area contributed by atoms with Crippen molar-refractivity contribution in [2.45, 2.75) is 38.3 Å². The highest BCUT2D eigenvalue weighted by molar-refractivity contribution is 7.88. The summed E-state index contributed by atoms with van der Waals surface area (Å²) in [5.74, 6) is -2.97. The van der Waals surface area contributed by atoms with E-state index in [4.69, 9.17) is 4.84 Å². The van der Waals surface area contributed by atoms with Crippen molar-refractivity contribution in [3.05, 3.63) is 53.1 Å². The zero-order chi connectivity index (χ0) is 21.6. The average molecular weight is 439 g/mol. The van der Waals surface area contributed by atoms with Crippen LogP contribution in [0.5, 0.6) is 0 Å². The Morgan fingerprint density at radius 3 is 2.43 bits per heavy atom. The molecule has 10 heteroatoms. The number of oxime groups is 1. The number of aryl methyl sites for hydroxylation is 1. The first-order chi connectivity index (χ1) is 14.1. The summed E-state index contributed by atoms with van der Waals surface area (Å²) in [7, 11) is -3.27. The predicted octanol–water partition coefficient (Wildman–Crippen LogP) is 3.62. The second kappa shape index (κ2) is 7.66. The largest absolute Gasteiger partial charge is 0.386 e. The molecule has 0 radical (unpaired) electrons. The van der Waals surface area contributed by atoms with E-state index in [1.165, 1.54) is 0 Å². The normalized spacial score (nSPS) is 23.6. The molecule has 1 aromatic heterocycles. The SMILES string of the molecule is Cc1cnc(C2CC(C3CC(NS(C)(=O)=O)C3)=NO2)c(-c2c(F)cc(F)cc2F)c1. The van der Waals surface area contributed by atoms with E-state index in [9.17, 15) is 21.6 Å². The lowest BCUT2D eigenvalue weighted by molar-refractivity contribution is 0.0828. The number of nitrogens with zero attached hydrogens (tertiary/aromatic N) is 2. The van der Waals surface area contributed by atoms with Gasteiger partial charge in [-0.25, -0.2) is 26.3 Å². The maximum atomic E-state index is 14.4. The Labute approximate surface area is 172 Å². The van der Waals surface area contributed by atoms with Gasteiger partial charge in [0.25, 0.3) is 0 Å². The number of pyridine rings is 1. The van der Waals surface area contributed by atoms with Crippen LogP contribution in [-0.4, -0.2) is 31.4 Å². The van der Waals surface area contributed by atoms with Crippen LogP contribution in [0.3, 0.4) is 0 Å². The summed E-state index contributed by atoms with van der Waals surface area (Å²) in [6.45, 7) is 1.74. The third-order valence-electron chi connectivity index (χ3n) is 5.32. The van der Waals surface area contributed by atoms with E-state index in [0.29, 0.717) is 42.7 Å². The Bertz CT molecular complexity index is 1110. The van der Waals surface area contributed by atoms with E-state index in [1.807, 2.05) is 0 Å². The van der Waals surface area contributed by atoms with Crippen molar-refractivity contribution in [3.8, 4) is 11.1 Å². The van der Waals surface area contributed by atoms with Crippen molar-refractivity contribution in [2.24, 2.45) is 11.1 Å². The van der Waals surface area contributed by atoms with Gasteiger partial charge in [-0.2, -0.15) is 0 Å². The fourth-order valence-electron chi connectivity index (χ4n) is 3.91. The summed E-state index contributed by atoms with van der Waals surface area (Å²) in [4.78, 5) is 9.84. The molecule has 1 unspecified atom stereocenters. The summed E-state index contributed by atoms with van der Waals surface area (Å²) >= 11 is 0. The maximum absolute atomic E-state index is 14.4. The van der Waals surface area contributed by atoms with Gasteiger partial charge in [-0.05, 0) is 31.4 Å². The minimum Gasteiger partial charge on any atom is -0.386 e. The topological polar surface area (TPSA) is 80.7 Å². The number of aromatic nitrogens is 1. The molecule has 2 aliphatic rings. The molecule has 4 rings (SSSR count). The Balaban J connectivity index is 1.55. The van der Waals surface area contributed by atoms with Crippen molar-refractivity contribution >= 4 is 15.7 Å². The first-order valence-corrected chi connectivity index (χ1v) is 11.3. The van der Waals surface area contributed by atoms with Gasteiger partial charge in [-0.3, -0.25) is 4.98 Å². The van der Waals surface area contributed by atoms with Crippen LogP contribution in [0.1, 0.15) is 36.6 Å². The monoisotopic (exact) mass is 439 g/mol. The summed E-state index contributed by atoms with van der Waals surface area (Å²) in [5.41, 5.74) is 1.59. The van der Waals surface area contributed by atoms with E-state index in [-0.39, 0.29) is 23.1 Å². The molecule has 2 aromatic rings. The minimum atomic E-state index is -3.27. The molecular weight excluding hydrogens is 419 g/mol. The molecule has 1 saturated carbocycles. The van der Waals surface area contributed by atoms with E-state index in [0.717, 1.165) is 12.0 Å². The molecule has 6 nitrogen and oxygen atoms in total. The smallest absolute Gasteiger partial charge is 0.208 e. The van der Waals surface area contributed by atoms with E-state index < -0.39 is 33.6 Å². The molecule has 2 heterocycles. The van der Waals surface area contributed by atoms with Gasteiger partial charge in [-0.15, -0.1) is 0 Å². The van der Waals surface area contributed by atoms with Crippen LogP contribution in [0.15, 0.2) is 29.6 Å². The molecule has 0 bridgehead atoms. The van der Waals surface area contributed by atoms with Gasteiger partial charge in [0.05, 0.1) is 23.2 Å². The molecule has 1 aliphatic heterocycles. The standard InChI is InChI=1S/C20H20F3N3O3S/c1-10-3-14(19-15(22)6-12(21)7-16(19)23)20(24-9-10)18-8-17(25-29-18)11-4-13(5-11)26-30(2,27)28/h3,6-7,9,11,13,18,26H,4-5,8H2,1-2H3. The number of halogens is 3. The Kier molecular flexibility index (Phi) is 5.31. The molecule has 0 saturated heterocycles. The molecule has 0 amide bonds. The number of hydrogen-bond acceptors (Lipinski definition) is 5. The Morgan fingerprint density at radius 1 is 1.13 bits per heavy atom. The predicted molar refractivity (Wildman–Crippen MR) is 105 cm³/mol. The molecule has 1 aliphatic carbocycles. The second-order valence-corrected chi connectivity index (χ2v) is 9.61.